The molecule has 11 heteroatoms. The molecular formula is C36H35BrF3NO6. The van der Waals surface area contributed by atoms with Crippen LogP contribution in [0.1, 0.15) is 67.4 Å². The van der Waals surface area contributed by atoms with Crippen molar-refractivity contribution in [3.8, 4) is 34.1 Å². The predicted molar refractivity (Wildman–Crippen MR) is 176 cm³/mol. The van der Waals surface area contributed by atoms with Gasteiger partial charge in [0.05, 0.1) is 24.6 Å². The molecule has 0 saturated carbocycles. The number of benzene rings is 4. The van der Waals surface area contributed by atoms with Crippen LogP contribution in [0, 0.1) is 0 Å². The van der Waals surface area contributed by atoms with E-state index in [1.807, 2.05) is 12.1 Å². The predicted octanol–water partition coefficient (Wildman–Crippen LogP) is 10.1. The first-order chi connectivity index (χ1) is 22.5. The van der Waals surface area contributed by atoms with E-state index in [0.717, 1.165) is 43.4 Å². The molecule has 0 bridgehead atoms. The van der Waals surface area contributed by atoms with Crippen molar-refractivity contribution in [2.24, 2.45) is 0 Å². The SMILES string of the molecule is CCCCCCCOc1ccc(Br)cc1C(=O)NC(CC(=O)O)c1ccc(-c2ccccc2Oc2ccc(OC(F)(F)F)cc2)cc1. The zero-order valence-electron chi connectivity index (χ0n) is 25.7. The van der Waals surface area contributed by atoms with E-state index in [-0.39, 0.29) is 12.2 Å². The molecule has 0 heterocycles. The molecule has 0 aromatic heterocycles. The fraction of sp³-hybridized carbons (Fsp3) is 0.278. The molecule has 0 fully saturated rings. The lowest BCUT2D eigenvalue weighted by Crippen LogP contribution is -2.30. The van der Waals surface area contributed by atoms with Crippen LogP contribution in [-0.2, 0) is 4.79 Å². The van der Waals surface area contributed by atoms with Crippen molar-refractivity contribution in [3.05, 3.63) is 107 Å². The van der Waals surface area contributed by atoms with Gasteiger partial charge in [0.15, 0.2) is 0 Å². The average molecular weight is 715 g/mol. The topological polar surface area (TPSA) is 94.1 Å². The Bertz CT molecular complexity index is 1630. The molecule has 1 atom stereocenters. The fourth-order valence-corrected chi connectivity index (χ4v) is 5.24. The van der Waals surface area contributed by atoms with Gasteiger partial charge in [-0.05, 0) is 66.1 Å². The zero-order valence-corrected chi connectivity index (χ0v) is 27.3. The van der Waals surface area contributed by atoms with Gasteiger partial charge in [-0.3, -0.25) is 9.59 Å². The smallest absolute Gasteiger partial charge is 0.493 e. The van der Waals surface area contributed by atoms with Gasteiger partial charge in [-0.2, -0.15) is 0 Å². The summed E-state index contributed by atoms with van der Waals surface area (Å²) in [7, 11) is 0. The van der Waals surface area contributed by atoms with Crippen molar-refractivity contribution < 1.29 is 42.1 Å². The van der Waals surface area contributed by atoms with Gasteiger partial charge in [-0.1, -0.05) is 91.0 Å². The number of para-hydroxylation sites is 1. The van der Waals surface area contributed by atoms with Crippen LogP contribution in [-0.4, -0.2) is 30.0 Å². The molecule has 4 aromatic rings. The molecule has 0 spiro atoms. The number of unbranched alkanes of at least 4 members (excludes halogenated alkanes) is 4. The molecule has 7 nitrogen and oxygen atoms in total. The fourth-order valence-electron chi connectivity index (χ4n) is 4.88. The first kappa shape index (κ1) is 35.3. The standard InChI is InChI=1S/C36H35BrF3NO6/c1-2-3-4-5-8-21-45-32-20-15-26(37)22-30(32)35(44)41-31(23-34(42)43)25-13-11-24(12-14-25)29-9-6-7-10-33(29)46-27-16-18-28(19-17-27)47-36(38,39)40/h6-7,9-20,22,31H,2-5,8,21,23H2,1H3,(H,41,44)(H,42,43). The Labute approximate surface area is 279 Å². The number of ether oxygens (including phenoxy) is 3. The van der Waals surface area contributed by atoms with E-state index in [1.54, 1.807) is 54.6 Å². The van der Waals surface area contributed by atoms with E-state index >= 15 is 0 Å². The van der Waals surface area contributed by atoms with Gasteiger partial charge < -0.3 is 24.6 Å². The van der Waals surface area contributed by atoms with Crippen molar-refractivity contribution in [3.63, 3.8) is 0 Å². The minimum atomic E-state index is -4.79. The van der Waals surface area contributed by atoms with E-state index in [1.165, 1.54) is 18.6 Å². The summed E-state index contributed by atoms with van der Waals surface area (Å²) in [6.45, 7) is 2.62. The third-order valence-electron chi connectivity index (χ3n) is 7.17. The second-order valence-electron chi connectivity index (χ2n) is 10.8. The number of rotatable bonds is 16. The Morgan fingerprint density at radius 1 is 0.851 bits per heavy atom. The number of halogens is 4. The highest BCUT2D eigenvalue weighted by molar-refractivity contribution is 9.10. The summed E-state index contributed by atoms with van der Waals surface area (Å²) >= 11 is 3.41. The number of carboxylic acids is 1. The monoisotopic (exact) mass is 713 g/mol. The summed E-state index contributed by atoms with van der Waals surface area (Å²) in [6, 6.07) is 23.5. The molecule has 0 aliphatic heterocycles. The molecular weight excluding hydrogens is 679 g/mol. The largest absolute Gasteiger partial charge is 0.573 e. The molecule has 47 heavy (non-hydrogen) atoms. The Morgan fingerprint density at radius 2 is 1.53 bits per heavy atom. The first-order valence-corrected chi connectivity index (χ1v) is 16.0. The second kappa shape index (κ2) is 16.9. The van der Waals surface area contributed by atoms with E-state index in [4.69, 9.17) is 9.47 Å². The van der Waals surface area contributed by atoms with E-state index in [0.29, 0.717) is 45.0 Å². The number of hydrogen-bond donors (Lipinski definition) is 2. The third-order valence-corrected chi connectivity index (χ3v) is 7.67. The number of carboxylic acid groups (broad SMARTS) is 1. The van der Waals surface area contributed by atoms with Crippen LogP contribution in [0.25, 0.3) is 11.1 Å². The van der Waals surface area contributed by atoms with Crippen molar-refractivity contribution in [1.29, 1.82) is 0 Å². The lowest BCUT2D eigenvalue weighted by atomic mass is 9.98. The van der Waals surface area contributed by atoms with Crippen LogP contribution in [0.15, 0.2) is 95.5 Å². The van der Waals surface area contributed by atoms with Gasteiger partial charge in [-0.15, -0.1) is 13.2 Å². The minimum Gasteiger partial charge on any atom is -0.493 e. The maximum absolute atomic E-state index is 13.5. The highest BCUT2D eigenvalue weighted by Crippen LogP contribution is 2.35. The number of hydrogen-bond acceptors (Lipinski definition) is 5. The summed E-state index contributed by atoms with van der Waals surface area (Å²) in [5, 5.41) is 12.5. The van der Waals surface area contributed by atoms with Gasteiger partial charge in [0.25, 0.3) is 5.91 Å². The Balaban J connectivity index is 1.49. The van der Waals surface area contributed by atoms with Crippen LogP contribution < -0.4 is 19.5 Å². The molecule has 2 N–H and O–H groups in total. The average Bonchev–Trinajstić information content (AvgIpc) is 3.03. The van der Waals surface area contributed by atoms with Gasteiger partial charge in [0, 0.05) is 10.0 Å². The lowest BCUT2D eigenvalue weighted by Gasteiger charge is -2.20. The Kier molecular flexibility index (Phi) is 12.7. The number of alkyl halides is 3. The number of aliphatic carboxylic acids is 1. The second-order valence-corrected chi connectivity index (χ2v) is 11.7. The van der Waals surface area contributed by atoms with Crippen molar-refractivity contribution in [2.75, 3.05) is 6.61 Å². The lowest BCUT2D eigenvalue weighted by molar-refractivity contribution is -0.274. The Hall–Kier alpha value is -4.51. The van der Waals surface area contributed by atoms with Crippen LogP contribution in [0.4, 0.5) is 13.2 Å². The molecule has 248 valence electrons. The maximum atomic E-state index is 13.5. The van der Waals surface area contributed by atoms with Crippen LogP contribution in [0.3, 0.4) is 0 Å². The number of carbonyl (C=O) groups excluding carboxylic acids is 1. The summed E-state index contributed by atoms with van der Waals surface area (Å²) in [5.41, 5.74) is 2.31. The normalized spacial score (nSPS) is 11.9. The molecule has 1 unspecified atom stereocenters. The van der Waals surface area contributed by atoms with Gasteiger partial charge in [-0.25, -0.2) is 0 Å². The van der Waals surface area contributed by atoms with Crippen LogP contribution >= 0.6 is 15.9 Å². The van der Waals surface area contributed by atoms with E-state index < -0.39 is 24.3 Å². The summed E-state index contributed by atoms with van der Waals surface area (Å²) in [6.07, 6.45) is 0.191. The third kappa shape index (κ3) is 11.1. The highest BCUT2D eigenvalue weighted by atomic mass is 79.9. The van der Waals surface area contributed by atoms with Crippen molar-refractivity contribution >= 4 is 27.8 Å². The summed E-state index contributed by atoms with van der Waals surface area (Å²) in [5.74, 6) is -0.730. The Morgan fingerprint density at radius 3 is 2.21 bits per heavy atom. The quantitative estimate of drug-likeness (QED) is 0.112. The van der Waals surface area contributed by atoms with Crippen LogP contribution in [0.2, 0.25) is 0 Å². The van der Waals surface area contributed by atoms with Gasteiger partial charge in [0.2, 0.25) is 0 Å². The maximum Gasteiger partial charge on any atom is 0.573 e. The first-order valence-electron chi connectivity index (χ1n) is 15.2. The molecule has 4 rings (SSSR count). The van der Waals surface area contributed by atoms with E-state index in [2.05, 4.69) is 32.9 Å². The molecule has 0 radical (unpaired) electrons. The van der Waals surface area contributed by atoms with Gasteiger partial charge >= 0.3 is 12.3 Å². The van der Waals surface area contributed by atoms with Crippen molar-refractivity contribution in [1.82, 2.24) is 5.32 Å². The molecule has 0 aliphatic rings. The van der Waals surface area contributed by atoms with Gasteiger partial charge in [0.1, 0.15) is 23.0 Å². The summed E-state index contributed by atoms with van der Waals surface area (Å²) < 4.78 is 54.0. The van der Waals surface area contributed by atoms with E-state index in [9.17, 15) is 27.9 Å². The summed E-state index contributed by atoms with van der Waals surface area (Å²) in [4.78, 5) is 25.3. The number of nitrogens with one attached hydrogen (secondary N) is 1. The van der Waals surface area contributed by atoms with Crippen molar-refractivity contribution in [2.45, 2.75) is 57.9 Å². The molecule has 0 saturated heterocycles. The molecule has 0 aliphatic carbocycles. The number of amides is 1. The minimum absolute atomic E-state index is 0.295. The highest BCUT2D eigenvalue weighted by Gasteiger charge is 2.31. The van der Waals surface area contributed by atoms with Crippen LogP contribution in [0.5, 0.6) is 23.0 Å². The number of carbonyl (C=O) groups is 2. The molecule has 4 aromatic carbocycles. The zero-order chi connectivity index (χ0) is 33.8. The molecule has 1 amide bonds.